The van der Waals surface area contributed by atoms with Gasteiger partial charge in [-0.15, -0.1) is 0 Å². The van der Waals surface area contributed by atoms with Gasteiger partial charge in [0.15, 0.2) is 5.69 Å². The van der Waals surface area contributed by atoms with Crippen molar-refractivity contribution in [3.8, 4) is 0 Å². The van der Waals surface area contributed by atoms with Crippen molar-refractivity contribution >= 4 is 22.5 Å². The van der Waals surface area contributed by atoms with Crippen molar-refractivity contribution in [3.05, 3.63) is 59.8 Å². The number of hydrogen-bond acceptors (Lipinski definition) is 3. The second kappa shape index (κ2) is 5.38. The number of aliphatic hydroxyl groups excluding tert-OH is 1. The summed E-state index contributed by atoms with van der Waals surface area (Å²) in [6.45, 7) is -0.0593. The fourth-order valence-corrected chi connectivity index (χ4v) is 2.32. The predicted molar refractivity (Wildman–Crippen MR) is 81.0 cm³/mol. The number of fused-ring (bicyclic) bond motifs is 1. The van der Waals surface area contributed by atoms with Crippen LogP contribution in [0.15, 0.2) is 48.5 Å². The van der Waals surface area contributed by atoms with Crippen LogP contribution in [-0.2, 0) is 13.7 Å². The highest BCUT2D eigenvalue weighted by Crippen LogP contribution is 2.19. The maximum atomic E-state index is 12.4. The number of amides is 1. The van der Waals surface area contributed by atoms with E-state index in [1.54, 1.807) is 28.9 Å². The first-order chi connectivity index (χ1) is 10.2. The van der Waals surface area contributed by atoms with E-state index < -0.39 is 0 Å². The van der Waals surface area contributed by atoms with Crippen LogP contribution in [0.1, 0.15) is 16.1 Å². The number of nitrogens with zero attached hydrogens (tertiary/aromatic N) is 2. The van der Waals surface area contributed by atoms with Crippen LogP contribution in [0.3, 0.4) is 0 Å². The van der Waals surface area contributed by atoms with Gasteiger partial charge in [-0.05, 0) is 23.8 Å². The third-order valence-electron chi connectivity index (χ3n) is 3.34. The van der Waals surface area contributed by atoms with Gasteiger partial charge < -0.3 is 10.4 Å². The molecule has 1 amide bonds. The van der Waals surface area contributed by atoms with Crippen LogP contribution < -0.4 is 5.32 Å². The third kappa shape index (κ3) is 2.51. The Balaban J connectivity index is 1.94. The molecule has 0 aliphatic heterocycles. The van der Waals surface area contributed by atoms with Gasteiger partial charge in [0.2, 0.25) is 0 Å². The predicted octanol–water partition coefficient (Wildman–Crippen LogP) is 2.32. The van der Waals surface area contributed by atoms with Crippen molar-refractivity contribution in [1.29, 1.82) is 0 Å². The van der Waals surface area contributed by atoms with Crippen molar-refractivity contribution in [2.45, 2.75) is 6.61 Å². The van der Waals surface area contributed by atoms with Crippen molar-refractivity contribution in [3.63, 3.8) is 0 Å². The van der Waals surface area contributed by atoms with Gasteiger partial charge in [0, 0.05) is 18.1 Å². The third-order valence-corrected chi connectivity index (χ3v) is 3.34. The highest BCUT2D eigenvalue weighted by Gasteiger charge is 2.15. The van der Waals surface area contributed by atoms with E-state index in [1.165, 1.54) is 0 Å². The SMILES string of the molecule is Cn1nc(C(=O)Nc2cccc(CO)c2)c2ccccc21. The summed E-state index contributed by atoms with van der Waals surface area (Å²) < 4.78 is 1.69. The van der Waals surface area contributed by atoms with E-state index in [0.717, 1.165) is 16.5 Å². The number of nitrogens with one attached hydrogen (secondary N) is 1. The van der Waals surface area contributed by atoms with Gasteiger partial charge in [-0.3, -0.25) is 9.48 Å². The van der Waals surface area contributed by atoms with E-state index in [-0.39, 0.29) is 12.5 Å². The first-order valence-electron chi connectivity index (χ1n) is 6.62. The van der Waals surface area contributed by atoms with Crippen molar-refractivity contribution in [2.75, 3.05) is 5.32 Å². The summed E-state index contributed by atoms with van der Waals surface area (Å²) in [6, 6.07) is 14.7. The lowest BCUT2D eigenvalue weighted by atomic mass is 10.2. The Hall–Kier alpha value is -2.66. The molecule has 106 valence electrons. The Kier molecular flexibility index (Phi) is 3.41. The second-order valence-electron chi connectivity index (χ2n) is 4.80. The summed E-state index contributed by atoms with van der Waals surface area (Å²) in [5, 5.41) is 17.0. The minimum Gasteiger partial charge on any atom is -0.392 e. The largest absolute Gasteiger partial charge is 0.392 e. The number of carbonyl (C=O) groups excluding carboxylic acids is 1. The lowest BCUT2D eigenvalue weighted by Gasteiger charge is -2.05. The van der Waals surface area contributed by atoms with Crippen LogP contribution in [0, 0.1) is 0 Å². The summed E-state index contributed by atoms with van der Waals surface area (Å²) in [4.78, 5) is 12.4. The van der Waals surface area contributed by atoms with E-state index >= 15 is 0 Å². The van der Waals surface area contributed by atoms with Crippen LogP contribution in [-0.4, -0.2) is 20.8 Å². The Morgan fingerprint density at radius 2 is 2.05 bits per heavy atom. The highest BCUT2D eigenvalue weighted by atomic mass is 16.3. The molecule has 0 bridgehead atoms. The molecule has 0 fully saturated rings. The summed E-state index contributed by atoms with van der Waals surface area (Å²) in [7, 11) is 1.81. The van der Waals surface area contributed by atoms with Gasteiger partial charge >= 0.3 is 0 Å². The number of hydrogen-bond donors (Lipinski definition) is 2. The number of benzene rings is 2. The Morgan fingerprint density at radius 1 is 1.24 bits per heavy atom. The second-order valence-corrected chi connectivity index (χ2v) is 4.80. The molecule has 0 unspecified atom stereocenters. The fraction of sp³-hybridized carbons (Fsp3) is 0.125. The van der Waals surface area contributed by atoms with Gasteiger partial charge in [-0.25, -0.2) is 0 Å². The lowest BCUT2D eigenvalue weighted by molar-refractivity contribution is 0.102. The molecular weight excluding hydrogens is 266 g/mol. The Labute approximate surface area is 121 Å². The Bertz CT molecular complexity index is 808. The number of rotatable bonds is 3. The molecule has 3 aromatic rings. The summed E-state index contributed by atoms with van der Waals surface area (Å²) in [6.07, 6.45) is 0. The minimum absolute atomic E-state index is 0.0593. The molecule has 0 saturated carbocycles. The van der Waals surface area contributed by atoms with Crippen LogP contribution in [0.25, 0.3) is 10.9 Å². The molecule has 0 radical (unpaired) electrons. The highest BCUT2D eigenvalue weighted by molar-refractivity contribution is 6.11. The molecule has 3 rings (SSSR count). The smallest absolute Gasteiger partial charge is 0.276 e. The molecule has 21 heavy (non-hydrogen) atoms. The van der Waals surface area contributed by atoms with E-state index in [9.17, 15) is 4.79 Å². The molecule has 5 heteroatoms. The van der Waals surface area contributed by atoms with Gasteiger partial charge in [0.05, 0.1) is 12.1 Å². The average Bonchev–Trinajstić information content (AvgIpc) is 2.85. The maximum absolute atomic E-state index is 12.4. The van der Waals surface area contributed by atoms with E-state index in [0.29, 0.717) is 11.4 Å². The number of aryl methyl sites for hydroxylation is 1. The molecular formula is C16H15N3O2. The maximum Gasteiger partial charge on any atom is 0.276 e. The molecule has 0 atom stereocenters. The molecule has 2 N–H and O–H groups in total. The Morgan fingerprint density at radius 3 is 2.86 bits per heavy atom. The quantitative estimate of drug-likeness (QED) is 0.774. The van der Waals surface area contributed by atoms with Crippen LogP contribution >= 0.6 is 0 Å². The summed E-state index contributed by atoms with van der Waals surface area (Å²) in [5.74, 6) is -0.262. The molecule has 0 saturated heterocycles. The first kappa shape index (κ1) is 13.3. The monoisotopic (exact) mass is 281 g/mol. The minimum atomic E-state index is -0.262. The number of para-hydroxylation sites is 1. The molecule has 0 aliphatic carbocycles. The zero-order valence-corrected chi connectivity index (χ0v) is 11.6. The van der Waals surface area contributed by atoms with E-state index in [2.05, 4.69) is 10.4 Å². The zero-order valence-electron chi connectivity index (χ0n) is 11.6. The standard InChI is InChI=1S/C16H15N3O2/c1-19-14-8-3-2-7-13(14)15(18-19)16(21)17-12-6-4-5-11(9-12)10-20/h2-9,20H,10H2,1H3,(H,17,21). The van der Waals surface area contributed by atoms with Gasteiger partial charge in [0.1, 0.15) is 0 Å². The summed E-state index contributed by atoms with van der Waals surface area (Å²) in [5.41, 5.74) is 2.69. The van der Waals surface area contributed by atoms with Crippen LogP contribution in [0.2, 0.25) is 0 Å². The number of aromatic nitrogens is 2. The van der Waals surface area contributed by atoms with Gasteiger partial charge in [-0.1, -0.05) is 30.3 Å². The van der Waals surface area contributed by atoms with Crippen LogP contribution in [0.5, 0.6) is 0 Å². The van der Waals surface area contributed by atoms with Crippen molar-refractivity contribution in [1.82, 2.24) is 9.78 Å². The molecule has 5 nitrogen and oxygen atoms in total. The zero-order chi connectivity index (χ0) is 14.8. The molecule has 1 aromatic heterocycles. The topological polar surface area (TPSA) is 67.2 Å². The first-order valence-corrected chi connectivity index (χ1v) is 6.62. The molecule has 2 aromatic carbocycles. The number of anilines is 1. The van der Waals surface area contributed by atoms with E-state index in [1.807, 2.05) is 31.3 Å². The number of aliphatic hydroxyl groups is 1. The van der Waals surface area contributed by atoms with Crippen molar-refractivity contribution in [2.24, 2.45) is 7.05 Å². The lowest BCUT2D eigenvalue weighted by Crippen LogP contribution is -2.13. The normalized spacial score (nSPS) is 10.8. The van der Waals surface area contributed by atoms with E-state index in [4.69, 9.17) is 5.11 Å². The van der Waals surface area contributed by atoms with Gasteiger partial charge in [-0.2, -0.15) is 5.10 Å². The number of carbonyl (C=O) groups is 1. The van der Waals surface area contributed by atoms with Crippen molar-refractivity contribution < 1.29 is 9.90 Å². The fourth-order valence-electron chi connectivity index (χ4n) is 2.32. The van der Waals surface area contributed by atoms with Gasteiger partial charge in [0.25, 0.3) is 5.91 Å². The average molecular weight is 281 g/mol. The molecule has 0 aliphatic rings. The molecule has 0 spiro atoms. The molecule has 1 heterocycles. The van der Waals surface area contributed by atoms with Crippen LogP contribution in [0.4, 0.5) is 5.69 Å². The summed E-state index contributed by atoms with van der Waals surface area (Å²) >= 11 is 0.